The zero-order valence-electron chi connectivity index (χ0n) is 22.0. The van der Waals surface area contributed by atoms with Gasteiger partial charge in [0.1, 0.15) is 11.2 Å². The zero-order chi connectivity index (χ0) is 27.2. The molecule has 2 aromatic heterocycles. The molecule has 0 spiro atoms. The van der Waals surface area contributed by atoms with Crippen LogP contribution in [0.2, 0.25) is 0 Å². The molecular formula is C37H23N3O. The van der Waals surface area contributed by atoms with Crippen molar-refractivity contribution in [2.75, 3.05) is 0 Å². The van der Waals surface area contributed by atoms with Crippen LogP contribution in [0.4, 0.5) is 0 Å². The van der Waals surface area contributed by atoms with Crippen molar-refractivity contribution in [2.45, 2.75) is 0 Å². The van der Waals surface area contributed by atoms with E-state index in [9.17, 15) is 0 Å². The molecule has 0 aliphatic carbocycles. The fourth-order valence-electron chi connectivity index (χ4n) is 5.50. The second-order valence-electron chi connectivity index (χ2n) is 10.1. The summed E-state index contributed by atoms with van der Waals surface area (Å²) in [6.07, 6.45) is 0. The Kier molecular flexibility index (Phi) is 5.42. The lowest BCUT2D eigenvalue weighted by molar-refractivity contribution is 0.669. The third-order valence-electron chi connectivity index (χ3n) is 7.51. The summed E-state index contributed by atoms with van der Waals surface area (Å²) in [4.78, 5) is 14.7. The first kappa shape index (κ1) is 23.3. The first-order valence-corrected chi connectivity index (χ1v) is 13.6. The second-order valence-corrected chi connectivity index (χ2v) is 10.1. The Morgan fingerprint density at radius 2 is 0.927 bits per heavy atom. The molecule has 0 aliphatic rings. The maximum absolute atomic E-state index is 6.16. The largest absolute Gasteiger partial charge is 0.456 e. The molecule has 41 heavy (non-hydrogen) atoms. The molecule has 0 bridgehead atoms. The summed E-state index contributed by atoms with van der Waals surface area (Å²) in [7, 11) is 0. The van der Waals surface area contributed by atoms with Crippen LogP contribution < -0.4 is 0 Å². The SMILES string of the molecule is c1ccc(-c2nc(-c3ccccc3)nc(-c3cccc(-c4ccc5ccc6oc7ccccc7c6c5c4)c3)n2)cc1. The van der Waals surface area contributed by atoms with E-state index in [1.165, 1.54) is 10.8 Å². The number of nitrogens with zero attached hydrogens (tertiary/aromatic N) is 3. The van der Waals surface area contributed by atoms with Gasteiger partial charge in [0.25, 0.3) is 0 Å². The van der Waals surface area contributed by atoms with Crippen molar-refractivity contribution in [3.05, 3.63) is 140 Å². The third-order valence-corrected chi connectivity index (χ3v) is 7.51. The van der Waals surface area contributed by atoms with Crippen molar-refractivity contribution in [1.82, 2.24) is 15.0 Å². The number of benzene rings is 6. The Labute approximate surface area is 236 Å². The Bertz CT molecular complexity index is 2140. The van der Waals surface area contributed by atoms with Gasteiger partial charge in [-0.05, 0) is 46.2 Å². The quantitative estimate of drug-likeness (QED) is 0.230. The average molecular weight is 526 g/mol. The number of fused-ring (bicyclic) bond motifs is 5. The summed E-state index contributed by atoms with van der Waals surface area (Å²) in [5.74, 6) is 1.95. The van der Waals surface area contributed by atoms with Gasteiger partial charge in [0.05, 0.1) is 0 Å². The summed E-state index contributed by atoms with van der Waals surface area (Å²) in [6.45, 7) is 0. The summed E-state index contributed by atoms with van der Waals surface area (Å²) in [5.41, 5.74) is 6.87. The minimum absolute atomic E-state index is 0.642. The van der Waals surface area contributed by atoms with Gasteiger partial charge in [0, 0.05) is 27.5 Å². The number of aromatic nitrogens is 3. The number of hydrogen-bond donors (Lipinski definition) is 0. The van der Waals surface area contributed by atoms with Crippen LogP contribution in [0.15, 0.2) is 144 Å². The van der Waals surface area contributed by atoms with Crippen molar-refractivity contribution in [3.63, 3.8) is 0 Å². The first-order valence-electron chi connectivity index (χ1n) is 13.6. The maximum Gasteiger partial charge on any atom is 0.164 e. The molecule has 0 atom stereocenters. The Morgan fingerprint density at radius 3 is 1.66 bits per heavy atom. The molecule has 8 aromatic rings. The summed E-state index contributed by atoms with van der Waals surface area (Å²) in [5, 5.41) is 4.63. The smallest absolute Gasteiger partial charge is 0.164 e. The van der Waals surface area contributed by atoms with Gasteiger partial charge in [-0.2, -0.15) is 0 Å². The van der Waals surface area contributed by atoms with E-state index in [0.29, 0.717) is 17.5 Å². The highest BCUT2D eigenvalue weighted by Crippen LogP contribution is 2.37. The highest BCUT2D eigenvalue weighted by atomic mass is 16.3. The molecule has 6 aromatic carbocycles. The molecule has 0 fully saturated rings. The van der Waals surface area contributed by atoms with Gasteiger partial charge in [-0.3, -0.25) is 0 Å². The van der Waals surface area contributed by atoms with Crippen LogP contribution in [-0.2, 0) is 0 Å². The van der Waals surface area contributed by atoms with Gasteiger partial charge >= 0.3 is 0 Å². The predicted octanol–water partition coefficient (Wildman–Crippen LogP) is 9.59. The van der Waals surface area contributed by atoms with E-state index >= 15 is 0 Å². The summed E-state index contributed by atoms with van der Waals surface area (Å²) < 4.78 is 6.16. The van der Waals surface area contributed by atoms with Crippen molar-refractivity contribution in [1.29, 1.82) is 0 Å². The van der Waals surface area contributed by atoms with Gasteiger partial charge in [0.2, 0.25) is 0 Å². The second kappa shape index (κ2) is 9.54. The molecule has 0 N–H and O–H groups in total. The highest BCUT2D eigenvalue weighted by Gasteiger charge is 2.14. The minimum Gasteiger partial charge on any atom is -0.456 e. The van der Waals surface area contributed by atoms with Crippen molar-refractivity contribution < 1.29 is 4.42 Å². The monoisotopic (exact) mass is 525 g/mol. The number of para-hydroxylation sites is 1. The average Bonchev–Trinajstić information content (AvgIpc) is 3.44. The van der Waals surface area contributed by atoms with E-state index in [4.69, 9.17) is 19.4 Å². The van der Waals surface area contributed by atoms with Crippen LogP contribution >= 0.6 is 0 Å². The molecule has 192 valence electrons. The Balaban J connectivity index is 1.28. The fraction of sp³-hybridized carbons (Fsp3) is 0. The standard InChI is InChI=1S/C37H23N3O/c1-3-10-25(11-4-1)35-38-36(26-12-5-2-6-13-26)40-37(39-35)29-15-9-14-27(22-29)28-19-18-24-20-21-33-34(31(24)23-28)30-16-7-8-17-32(30)41-33/h1-23H. The van der Waals surface area contributed by atoms with Crippen LogP contribution in [0.1, 0.15) is 0 Å². The summed E-state index contributed by atoms with van der Waals surface area (Å²) >= 11 is 0. The summed E-state index contributed by atoms with van der Waals surface area (Å²) in [6, 6.07) is 47.6. The van der Waals surface area contributed by atoms with Crippen LogP contribution in [-0.4, -0.2) is 15.0 Å². The third kappa shape index (κ3) is 4.14. The molecule has 0 saturated carbocycles. The maximum atomic E-state index is 6.16. The van der Waals surface area contributed by atoms with Crippen molar-refractivity contribution >= 4 is 32.7 Å². The lowest BCUT2D eigenvalue weighted by atomic mass is 9.97. The van der Waals surface area contributed by atoms with Gasteiger partial charge < -0.3 is 4.42 Å². The minimum atomic E-state index is 0.642. The lowest BCUT2D eigenvalue weighted by Gasteiger charge is -2.10. The predicted molar refractivity (Wildman–Crippen MR) is 166 cm³/mol. The molecule has 4 nitrogen and oxygen atoms in total. The molecule has 4 heteroatoms. The van der Waals surface area contributed by atoms with E-state index < -0.39 is 0 Å². The van der Waals surface area contributed by atoms with Gasteiger partial charge in [-0.15, -0.1) is 0 Å². The molecule has 2 heterocycles. The molecule has 0 amide bonds. The molecule has 0 unspecified atom stereocenters. The molecule has 8 rings (SSSR count). The van der Waals surface area contributed by atoms with Gasteiger partial charge in [0.15, 0.2) is 17.5 Å². The van der Waals surface area contributed by atoms with Crippen LogP contribution in [0.3, 0.4) is 0 Å². The van der Waals surface area contributed by atoms with Crippen LogP contribution in [0.25, 0.3) is 78.0 Å². The number of furan rings is 1. The zero-order valence-corrected chi connectivity index (χ0v) is 22.0. The topological polar surface area (TPSA) is 51.8 Å². The normalized spacial score (nSPS) is 11.4. The number of hydrogen-bond acceptors (Lipinski definition) is 4. The lowest BCUT2D eigenvalue weighted by Crippen LogP contribution is -2.00. The first-order chi connectivity index (χ1) is 20.3. The van der Waals surface area contributed by atoms with E-state index in [-0.39, 0.29) is 0 Å². The molecule has 0 aliphatic heterocycles. The molecular weight excluding hydrogens is 502 g/mol. The Morgan fingerprint density at radius 1 is 0.366 bits per heavy atom. The molecule has 0 saturated heterocycles. The van der Waals surface area contributed by atoms with E-state index in [1.54, 1.807) is 0 Å². The van der Waals surface area contributed by atoms with E-state index in [0.717, 1.165) is 49.8 Å². The van der Waals surface area contributed by atoms with Gasteiger partial charge in [-0.25, -0.2) is 15.0 Å². The molecule has 0 radical (unpaired) electrons. The van der Waals surface area contributed by atoms with Crippen molar-refractivity contribution in [3.8, 4) is 45.3 Å². The van der Waals surface area contributed by atoms with Gasteiger partial charge in [-0.1, -0.05) is 115 Å². The van der Waals surface area contributed by atoms with E-state index in [2.05, 4.69) is 66.7 Å². The fourth-order valence-corrected chi connectivity index (χ4v) is 5.50. The van der Waals surface area contributed by atoms with Crippen molar-refractivity contribution in [2.24, 2.45) is 0 Å². The van der Waals surface area contributed by atoms with Crippen LogP contribution in [0.5, 0.6) is 0 Å². The van der Waals surface area contributed by atoms with E-state index in [1.807, 2.05) is 72.8 Å². The highest BCUT2D eigenvalue weighted by molar-refractivity contribution is 6.19. The number of rotatable bonds is 4. The Hall–Kier alpha value is -5.61. The van der Waals surface area contributed by atoms with Crippen LogP contribution in [0, 0.1) is 0 Å².